The Morgan fingerprint density at radius 2 is 1.00 bits per heavy atom. The number of nitrogens with one attached hydrogen (secondary N) is 2. The Kier molecular flexibility index (Phi) is 22.6. The number of carbonyl (C=O) groups excluding carboxylic acids is 3. The number of esters is 2. The molecule has 0 radical (unpaired) electrons. The topological polar surface area (TPSA) is 103 Å². The van der Waals surface area contributed by atoms with Crippen LogP contribution in [0.2, 0.25) is 0 Å². The van der Waals surface area contributed by atoms with Gasteiger partial charge >= 0.3 is 18.0 Å². The van der Waals surface area contributed by atoms with Gasteiger partial charge in [-0.05, 0) is 25.7 Å². The Labute approximate surface area is 213 Å². The summed E-state index contributed by atoms with van der Waals surface area (Å²) in [7, 11) is 0. The summed E-state index contributed by atoms with van der Waals surface area (Å²) < 4.78 is 10.7. The van der Waals surface area contributed by atoms with E-state index in [-0.39, 0.29) is 0 Å². The van der Waals surface area contributed by atoms with Gasteiger partial charge in [-0.3, -0.25) is 4.79 Å². The van der Waals surface area contributed by atoms with Gasteiger partial charge in [0, 0.05) is 0 Å². The Morgan fingerprint density at radius 1 is 0.571 bits per heavy atom. The van der Waals surface area contributed by atoms with Gasteiger partial charge in [0.05, 0.1) is 13.2 Å². The molecule has 2 atom stereocenters. The Morgan fingerprint density at radius 3 is 1.49 bits per heavy atom. The monoisotopic (exact) mass is 500 g/mol. The van der Waals surface area contributed by atoms with Crippen LogP contribution in [0, 0.1) is 0 Å². The minimum atomic E-state index is -0.798. The molecule has 0 saturated carbocycles. The summed E-state index contributed by atoms with van der Waals surface area (Å²) in [6.45, 7) is 9.12. The fourth-order valence-electron chi connectivity index (χ4n) is 3.57. The van der Waals surface area contributed by atoms with Crippen LogP contribution in [0.4, 0.5) is 4.79 Å². The summed E-state index contributed by atoms with van der Waals surface area (Å²) in [6, 6.07) is -1.50. The molecule has 8 nitrogen and oxygen atoms in total. The van der Waals surface area contributed by atoms with Gasteiger partial charge in [0.15, 0.2) is 0 Å². The zero-order chi connectivity index (χ0) is 26.2. The van der Waals surface area contributed by atoms with E-state index in [1.54, 1.807) is 0 Å². The molecule has 2 N–H and O–H groups in total. The molecular weight excluding hydrogens is 448 g/mol. The van der Waals surface area contributed by atoms with E-state index in [1.165, 1.54) is 0 Å². The summed E-state index contributed by atoms with van der Waals surface area (Å²) in [5.41, 5.74) is 2.58. The van der Waals surface area contributed by atoms with Crippen LogP contribution in [0.5, 0.6) is 0 Å². The number of hydrogen-bond donors (Lipinski definition) is 2. The molecule has 2 unspecified atom stereocenters. The van der Waals surface area contributed by atoms with Crippen molar-refractivity contribution in [1.29, 1.82) is 0 Å². The van der Waals surface area contributed by atoms with Crippen LogP contribution in [-0.4, -0.2) is 43.3 Å². The molecule has 0 aromatic rings. The third kappa shape index (κ3) is 19.1. The highest BCUT2D eigenvalue weighted by molar-refractivity contribution is 5.81. The van der Waals surface area contributed by atoms with Gasteiger partial charge in [0.1, 0.15) is 12.1 Å². The van der Waals surface area contributed by atoms with Crippen LogP contribution in [0.25, 0.3) is 0 Å². The van der Waals surface area contributed by atoms with Gasteiger partial charge < -0.3 is 19.6 Å². The van der Waals surface area contributed by atoms with Crippen LogP contribution < -0.4 is 10.8 Å². The van der Waals surface area contributed by atoms with Gasteiger partial charge in [-0.25, -0.2) is 9.59 Å². The molecule has 0 aromatic heterocycles. The molecule has 206 valence electrons. The lowest BCUT2D eigenvalue weighted by Crippen LogP contribution is -2.46. The summed E-state index contributed by atoms with van der Waals surface area (Å²) in [5, 5.41) is 2.61. The second-order valence-electron chi connectivity index (χ2n) is 9.20. The first-order valence-corrected chi connectivity index (χ1v) is 14.1. The first-order chi connectivity index (χ1) is 17.0. The van der Waals surface area contributed by atoms with Crippen LogP contribution in [0.15, 0.2) is 0 Å². The van der Waals surface area contributed by atoms with E-state index in [4.69, 9.17) is 14.3 Å². The molecule has 0 heterocycles. The molecule has 0 saturated heterocycles. The molecule has 0 fully saturated rings. The standard InChI is InChI=1S/C27H52N2O6/c1-5-9-13-15-19-23(25(30)33-21-17-11-7-3)28-27(32)35-29-24(20-16-14-10-6-2)26(31)34-22-18-12-8-4/h23-24,29H,5-22H2,1-4H3,(H,28,32). The molecule has 8 heteroatoms. The predicted molar refractivity (Wildman–Crippen MR) is 139 cm³/mol. The summed E-state index contributed by atoms with van der Waals surface area (Å²) >= 11 is 0. The van der Waals surface area contributed by atoms with Gasteiger partial charge in [0.2, 0.25) is 0 Å². The smallest absolute Gasteiger partial charge is 0.426 e. The molecule has 1 amide bonds. The van der Waals surface area contributed by atoms with Crippen molar-refractivity contribution in [2.75, 3.05) is 13.2 Å². The Balaban J connectivity index is 4.81. The van der Waals surface area contributed by atoms with Gasteiger partial charge in [0.25, 0.3) is 0 Å². The number of hydroxylamine groups is 1. The molecule has 0 aliphatic heterocycles. The van der Waals surface area contributed by atoms with E-state index in [1.807, 2.05) is 0 Å². The number of hydrogen-bond acceptors (Lipinski definition) is 7. The van der Waals surface area contributed by atoms with Crippen LogP contribution >= 0.6 is 0 Å². The maximum absolute atomic E-state index is 12.5. The number of unbranched alkanes of at least 4 members (excludes halogenated alkanes) is 10. The Bertz CT molecular complexity index is 544. The summed E-state index contributed by atoms with van der Waals surface area (Å²) in [5.74, 6) is -0.863. The summed E-state index contributed by atoms with van der Waals surface area (Å²) in [6.07, 6.45) is 13.8. The SMILES string of the molecule is CCCCCCC(NOC(=O)NC(CCCCCC)C(=O)OCCCCC)C(=O)OCCCCC. The second-order valence-corrected chi connectivity index (χ2v) is 9.20. The molecule has 0 rings (SSSR count). The molecule has 0 aromatic carbocycles. The lowest BCUT2D eigenvalue weighted by molar-refractivity contribution is -0.150. The summed E-state index contributed by atoms with van der Waals surface area (Å²) in [4.78, 5) is 42.7. The lowest BCUT2D eigenvalue weighted by atomic mass is 10.1. The molecule has 0 aliphatic rings. The van der Waals surface area contributed by atoms with Crippen molar-refractivity contribution in [3.8, 4) is 0 Å². The molecular formula is C27H52N2O6. The maximum Gasteiger partial charge on any atom is 0.426 e. The van der Waals surface area contributed by atoms with E-state index >= 15 is 0 Å². The van der Waals surface area contributed by atoms with E-state index < -0.39 is 30.1 Å². The van der Waals surface area contributed by atoms with Crippen LogP contribution in [0.1, 0.15) is 130 Å². The number of carbonyl (C=O) groups is 3. The third-order valence-corrected chi connectivity index (χ3v) is 5.83. The largest absolute Gasteiger partial charge is 0.464 e. The molecule has 0 aliphatic carbocycles. The fourth-order valence-corrected chi connectivity index (χ4v) is 3.57. The van der Waals surface area contributed by atoms with Gasteiger partial charge in [-0.15, -0.1) is 5.48 Å². The minimum absolute atomic E-state index is 0.344. The minimum Gasteiger partial charge on any atom is -0.464 e. The van der Waals surface area contributed by atoms with Crippen LogP contribution in [0.3, 0.4) is 0 Å². The predicted octanol–water partition coefficient (Wildman–Crippen LogP) is 6.36. The first-order valence-electron chi connectivity index (χ1n) is 14.1. The maximum atomic E-state index is 12.5. The van der Waals surface area contributed by atoms with Gasteiger partial charge in [-0.1, -0.05) is 105 Å². The van der Waals surface area contributed by atoms with E-state index in [0.717, 1.165) is 89.9 Å². The van der Waals surface area contributed by atoms with Crippen molar-refractivity contribution in [2.24, 2.45) is 0 Å². The van der Waals surface area contributed by atoms with Crippen molar-refractivity contribution in [1.82, 2.24) is 10.8 Å². The zero-order valence-electron chi connectivity index (χ0n) is 22.8. The number of rotatable bonds is 23. The van der Waals surface area contributed by atoms with E-state index in [0.29, 0.717) is 26.1 Å². The average Bonchev–Trinajstić information content (AvgIpc) is 2.85. The van der Waals surface area contributed by atoms with Crippen molar-refractivity contribution >= 4 is 18.0 Å². The first kappa shape index (κ1) is 33.2. The normalized spacial score (nSPS) is 12.6. The fraction of sp³-hybridized carbons (Fsp3) is 0.889. The average molecular weight is 501 g/mol. The number of amides is 1. The highest BCUT2D eigenvalue weighted by Gasteiger charge is 2.25. The van der Waals surface area contributed by atoms with E-state index in [9.17, 15) is 14.4 Å². The highest BCUT2D eigenvalue weighted by Crippen LogP contribution is 2.10. The van der Waals surface area contributed by atoms with E-state index in [2.05, 4.69) is 38.5 Å². The lowest BCUT2D eigenvalue weighted by Gasteiger charge is -2.20. The van der Waals surface area contributed by atoms with Crippen molar-refractivity contribution < 1.29 is 28.7 Å². The van der Waals surface area contributed by atoms with Gasteiger partial charge in [-0.2, -0.15) is 0 Å². The molecule has 0 spiro atoms. The van der Waals surface area contributed by atoms with Crippen molar-refractivity contribution in [3.05, 3.63) is 0 Å². The third-order valence-electron chi connectivity index (χ3n) is 5.83. The Hall–Kier alpha value is -1.83. The second kappa shape index (κ2) is 23.9. The van der Waals surface area contributed by atoms with Crippen molar-refractivity contribution in [2.45, 2.75) is 143 Å². The molecule has 35 heavy (non-hydrogen) atoms. The van der Waals surface area contributed by atoms with Crippen molar-refractivity contribution in [3.63, 3.8) is 0 Å². The quantitative estimate of drug-likeness (QED) is 0.0728. The highest BCUT2D eigenvalue weighted by atomic mass is 16.7. The van der Waals surface area contributed by atoms with Crippen LogP contribution in [-0.2, 0) is 23.9 Å². The zero-order valence-corrected chi connectivity index (χ0v) is 22.8. The molecule has 0 bridgehead atoms. The number of ether oxygens (including phenoxy) is 2.